The molecule has 2 amide bonds. The third kappa shape index (κ3) is 4.49. The predicted octanol–water partition coefficient (Wildman–Crippen LogP) is 2.03. The first kappa shape index (κ1) is 23.7. The van der Waals surface area contributed by atoms with Crippen LogP contribution in [0, 0.1) is 11.6 Å². The van der Waals surface area contributed by atoms with Crippen molar-refractivity contribution in [3.63, 3.8) is 0 Å². The van der Waals surface area contributed by atoms with Crippen molar-refractivity contribution in [1.82, 2.24) is 14.8 Å². The van der Waals surface area contributed by atoms with E-state index in [1.807, 2.05) is 0 Å². The van der Waals surface area contributed by atoms with Crippen LogP contribution in [0.5, 0.6) is 5.75 Å². The number of fused-ring (bicyclic) bond motifs is 1. The molecule has 0 radical (unpaired) electrons. The lowest BCUT2D eigenvalue weighted by Crippen LogP contribution is -2.41. The molecule has 172 valence electrons. The normalized spacial score (nSPS) is 13.1. The summed E-state index contributed by atoms with van der Waals surface area (Å²) in [4.78, 5) is 40.2. The summed E-state index contributed by atoms with van der Waals surface area (Å²) in [5, 5.41) is 13.0. The molecule has 0 spiro atoms. The van der Waals surface area contributed by atoms with Crippen LogP contribution in [0.3, 0.4) is 0 Å². The number of thiol groups is 1. The topological polar surface area (TPSA) is 101 Å². The molecule has 11 heteroatoms. The highest BCUT2D eigenvalue weighted by molar-refractivity contribution is 7.80. The van der Waals surface area contributed by atoms with E-state index in [-0.39, 0.29) is 55.2 Å². The van der Waals surface area contributed by atoms with Crippen LogP contribution in [-0.2, 0) is 24.4 Å². The maximum absolute atomic E-state index is 13.9. The van der Waals surface area contributed by atoms with E-state index >= 15 is 0 Å². The van der Waals surface area contributed by atoms with Crippen molar-refractivity contribution in [3.8, 4) is 5.75 Å². The van der Waals surface area contributed by atoms with Gasteiger partial charge in [-0.15, -0.1) is 0 Å². The molecular weight excluding hydrogens is 444 g/mol. The fourth-order valence-corrected chi connectivity index (χ4v) is 3.91. The van der Waals surface area contributed by atoms with E-state index in [2.05, 4.69) is 17.9 Å². The third-order valence-electron chi connectivity index (χ3n) is 5.17. The number of pyridine rings is 1. The molecule has 2 aromatic rings. The highest BCUT2D eigenvalue weighted by atomic mass is 32.1. The van der Waals surface area contributed by atoms with E-state index in [9.17, 15) is 28.3 Å². The van der Waals surface area contributed by atoms with Crippen LogP contribution in [-0.4, -0.2) is 44.9 Å². The van der Waals surface area contributed by atoms with Gasteiger partial charge in [-0.1, -0.05) is 6.07 Å². The summed E-state index contributed by atoms with van der Waals surface area (Å²) in [5.74, 6) is -3.89. The highest BCUT2D eigenvalue weighted by Crippen LogP contribution is 2.24. The SMILES string of the molecule is CC(C)N(CS)C(=O)c1c(O)c(=O)c(C(=O)NCc2ccc(F)cc2F)c2n1CCOC2. The van der Waals surface area contributed by atoms with Gasteiger partial charge in [-0.25, -0.2) is 8.78 Å². The Bertz CT molecular complexity index is 1120. The molecular formula is C21H23F2N3O5S. The molecule has 0 unspecified atom stereocenters. The Hall–Kier alpha value is -2.92. The van der Waals surface area contributed by atoms with Crippen molar-refractivity contribution >= 4 is 24.4 Å². The second-order valence-corrected chi connectivity index (χ2v) is 7.76. The minimum atomic E-state index is -1.04. The Labute approximate surface area is 188 Å². The van der Waals surface area contributed by atoms with Crippen molar-refractivity contribution in [3.05, 3.63) is 62.6 Å². The molecule has 2 N–H and O–H groups in total. The molecule has 0 saturated carbocycles. The van der Waals surface area contributed by atoms with Gasteiger partial charge in [0, 0.05) is 30.8 Å². The van der Waals surface area contributed by atoms with Gasteiger partial charge < -0.3 is 24.6 Å². The Balaban J connectivity index is 2.02. The number of halogens is 2. The number of benzene rings is 1. The van der Waals surface area contributed by atoms with Gasteiger partial charge in [0.15, 0.2) is 11.4 Å². The maximum atomic E-state index is 13.9. The van der Waals surface area contributed by atoms with Crippen molar-refractivity contribution in [1.29, 1.82) is 0 Å². The largest absolute Gasteiger partial charge is 0.503 e. The van der Waals surface area contributed by atoms with Crippen LogP contribution in [0.1, 0.15) is 46.0 Å². The van der Waals surface area contributed by atoms with Gasteiger partial charge in [0.1, 0.15) is 17.2 Å². The zero-order chi connectivity index (χ0) is 23.6. The summed E-state index contributed by atoms with van der Waals surface area (Å²) in [6.45, 7) is 3.42. The summed E-state index contributed by atoms with van der Waals surface area (Å²) in [7, 11) is 0. The smallest absolute Gasteiger partial charge is 0.275 e. The van der Waals surface area contributed by atoms with Crippen LogP contribution >= 0.6 is 12.6 Å². The number of carbonyl (C=O) groups is 2. The van der Waals surface area contributed by atoms with Gasteiger partial charge in [0.25, 0.3) is 11.8 Å². The van der Waals surface area contributed by atoms with Gasteiger partial charge in [-0.3, -0.25) is 14.4 Å². The Morgan fingerprint density at radius 3 is 2.69 bits per heavy atom. The molecule has 1 aliphatic heterocycles. The quantitative estimate of drug-likeness (QED) is 0.446. The molecule has 1 aliphatic rings. The summed E-state index contributed by atoms with van der Waals surface area (Å²) < 4.78 is 33.7. The molecule has 0 atom stereocenters. The van der Waals surface area contributed by atoms with E-state index in [0.29, 0.717) is 6.07 Å². The number of aromatic nitrogens is 1. The Kier molecular flexibility index (Phi) is 7.19. The second-order valence-electron chi connectivity index (χ2n) is 7.48. The van der Waals surface area contributed by atoms with Gasteiger partial charge >= 0.3 is 0 Å². The highest BCUT2D eigenvalue weighted by Gasteiger charge is 2.32. The van der Waals surface area contributed by atoms with E-state index in [4.69, 9.17) is 4.74 Å². The van der Waals surface area contributed by atoms with Gasteiger partial charge in [0.05, 0.1) is 24.8 Å². The van der Waals surface area contributed by atoms with Gasteiger partial charge in [0.2, 0.25) is 5.43 Å². The van der Waals surface area contributed by atoms with Crippen LogP contribution in [0.25, 0.3) is 0 Å². The van der Waals surface area contributed by atoms with Crippen molar-refractivity contribution in [2.24, 2.45) is 0 Å². The first-order valence-electron chi connectivity index (χ1n) is 9.87. The lowest BCUT2D eigenvalue weighted by molar-refractivity contribution is 0.0657. The lowest BCUT2D eigenvalue weighted by Gasteiger charge is -2.30. The van der Waals surface area contributed by atoms with Gasteiger partial charge in [-0.05, 0) is 19.9 Å². The number of carbonyl (C=O) groups excluding carboxylic acids is 2. The van der Waals surface area contributed by atoms with Crippen LogP contribution < -0.4 is 10.7 Å². The number of hydrogen-bond acceptors (Lipinski definition) is 6. The summed E-state index contributed by atoms with van der Waals surface area (Å²) >= 11 is 4.15. The second kappa shape index (κ2) is 9.70. The zero-order valence-electron chi connectivity index (χ0n) is 17.5. The van der Waals surface area contributed by atoms with Crippen molar-refractivity contribution in [2.45, 2.75) is 39.6 Å². The number of hydrogen-bond donors (Lipinski definition) is 3. The average molecular weight is 467 g/mol. The summed E-state index contributed by atoms with van der Waals surface area (Å²) in [5.41, 5.74) is -1.53. The standard InChI is InChI=1S/C21H23F2N3O5S/c1-11(2)26(10-32)21(30)17-19(28)18(27)16(15-9-31-6-5-25(15)17)20(29)24-8-12-3-4-13(22)7-14(12)23/h3-4,7,11,28,32H,5-6,8-10H2,1-2H3,(H,24,29). The van der Waals surface area contributed by atoms with E-state index < -0.39 is 40.2 Å². The fraction of sp³-hybridized carbons (Fsp3) is 0.381. The van der Waals surface area contributed by atoms with Crippen LogP contribution in [0.4, 0.5) is 8.78 Å². The van der Waals surface area contributed by atoms with Crippen LogP contribution in [0.2, 0.25) is 0 Å². The number of rotatable bonds is 6. The zero-order valence-corrected chi connectivity index (χ0v) is 18.4. The van der Waals surface area contributed by atoms with E-state index in [1.165, 1.54) is 15.5 Å². The minimum Gasteiger partial charge on any atom is -0.503 e. The fourth-order valence-electron chi connectivity index (χ4n) is 3.45. The first-order valence-corrected chi connectivity index (χ1v) is 10.5. The number of nitrogens with zero attached hydrogens (tertiary/aromatic N) is 2. The number of ether oxygens (including phenoxy) is 1. The molecule has 1 aromatic carbocycles. The van der Waals surface area contributed by atoms with Crippen molar-refractivity contribution < 1.29 is 28.2 Å². The number of aromatic hydroxyl groups is 1. The molecule has 3 rings (SSSR count). The maximum Gasteiger partial charge on any atom is 0.275 e. The molecule has 32 heavy (non-hydrogen) atoms. The molecule has 1 aromatic heterocycles. The van der Waals surface area contributed by atoms with E-state index in [0.717, 1.165) is 6.07 Å². The van der Waals surface area contributed by atoms with Gasteiger partial charge in [-0.2, -0.15) is 12.6 Å². The monoisotopic (exact) mass is 467 g/mol. The lowest BCUT2D eigenvalue weighted by atomic mass is 10.1. The third-order valence-corrected chi connectivity index (χ3v) is 5.47. The predicted molar refractivity (Wildman–Crippen MR) is 115 cm³/mol. The molecule has 2 heterocycles. The van der Waals surface area contributed by atoms with E-state index in [1.54, 1.807) is 13.8 Å². The molecule has 0 aliphatic carbocycles. The first-order chi connectivity index (χ1) is 15.2. The summed E-state index contributed by atoms with van der Waals surface area (Å²) in [6.07, 6.45) is 0. The Morgan fingerprint density at radius 1 is 1.34 bits per heavy atom. The van der Waals surface area contributed by atoms with Crippen LogP contribution in [0.15, 0.2) is 23.0 Å². The number of amides is 2. The molecule has 0 saturated heterocycles. The molecule has 8 nitrogen and oxygen atoms in total. The molecule has 0 fully saturated rings. The average Bonchev–Trinajstić information content (AvgIpc) is 2.74. The van der Waals surface area contributed by atoms with Crippen molar-refractivity contribution in [2.75, 3.05) is 12.5 Å². The summed E-state index contributed by atoms with van der Waals surface area (Å²) in [6, 6.07) is 2.65. The molecule has 0 bridgehead atoms. The Morgan fingerprint density at radius 2 is 2.06 bits per heavy atom. The minimum absolute atomic E-state index is 0.0161. The number of nitrogens with one attached hydrogen (secondary N) is 1.